The molecule has 29 heavy (non-hydrogen) atoms. The van der Waals surface area contributed by atoms with E-state index in [9.17, 15) is 0 Å². The van der Waals surface area contributed by atoms with Gasteiger partial charge in [-0.2, -0.15) is 0 Å². The average Bonchev–Trinajstić information content (AvgIpc) is 3.05. The van der Waals surface area contributed by atoms with Crippen molar-refractivity contribution in [1.82, 2.24) is 0 Å². The molecule has 0 amide bonds. The molecule has 0 heteroatoms. The van der Waals surface area contributed by atoms with Crippen LogP contribution in [0.3, 0.4) is 0 Å². The minimum Gasteiger partial charge on any atom is -0.0844 e. The summed E-state index contributed by atoms with van der Waals surface area (Å²) in [6, 6.07) is 0. The molecule has 4 aliphatic carbocycles. The maximum atomic E-state index is 2.80. The van der Waals surface area contributed by atoms with E-state index in [1.54, 1.807) is 0 Å². The zero-order valence-corrected chi connectivity index (χ0v) is 20.6. The summed E-state index contributed by atoms with van der Waals surface area (Å²) >= 11 is 0. The second-order valence-electron chi connectivity index (χ2n) is 12.7. The van der Waals surface area contributed by atoms with Gasteiger partial charge in [0.1, 0.15) is 0 Å². The van der Waals surface area contributed by atoms with Crippen LogP contribution in [0.5, 0.6) is 0 Å². The zero-order valence-electron chi connectivity index (χ0n) is 20.6. The third-order valence-electron chi connectivity index (χ3n) is 11.2. The lowest BCUT2D eigenvalue weighted by Crippen LogP contribution is -2.48. The summed E-state index contributed by atoms with van der Waals surface area (Å²) in [7, 11) is 0. The van der Waals surface area contributed by atoms with Crippen LogP contribution in [0.4, 0.5) is 0 Å². The van der Waals surface area contributed by atoms with Crippen molar-refractivity contribution in [2.75, 3.05) is 0 Å². The second-order valence-corrected chi connectivity index (χ2v) is 12.7. The molecule has 0 bridgehead atoms. The molecule has 0 aliphatic heterocycles. The Hall–Kier alpha value is -0.260. The SMILES string of the molecule is CCC(CCC(C)[C@H]1CC[C@H]2C3=CCC4CCCC[C@]4(C)[C@H]3CC[C@]12C)C(C)C. The van der Waals surface area contributed by atoms with Gasteiger partial charge in [-0.15, -0.1) is 0 Å². The highest BCUT2D eigenvalue weighted by Crippen LogP contribution is 2.67. The van der Waals surface area contributed by atoms with Crippen molar-refractivity contribution in [2.45, 2.75) is 119 Å². The molecule has 0 aromatic rings. The quantitative estimate of drug-likeness (QED) is 0.391. The summed E-state index contributed by atoms with van der Waals surface area (Å²) in [6.07, 6.45) is 20.5. The molecule has 0 radical (unpaired) electrons. The van der Waals surface area contributed by atoms with E-state index in [0.29, 0.717) is 10.8 Å². The molecule has 4 aliphatic rings. The van der Waals surface area contributed by atoms with Crippen molar-refractivity contribution in [2.24, 2.45) is 52.3 Å². The Balaban J connectivity index is 1.48. The standard InChI is InChI=1S/C29H50/c1-7-22(20(2)3)12-11-21(4)25-15-16-26-24-14-13-23-10-8-9-18-28(23,5)27(24)17-19-29(25,26)6/h14,20-23,25-27H,7-13,15-19H2,1-6H3/t21?,22?,23?,25-,26+,27+,28+,29-/m1/s1. The van der Waals surface area contributed by atoms with Crippen molar-refractivity contribution in [3.05, 3.63) is 11.6 Å². The second kappa shape index (κ2) is 8.35. The summed E-state index contributed by atoms with van der Waals surface area (Å²) in [5.74, 6) is 6.51. The van der Waals surface area contributed by atoms with Crippen LogP contribution in [0.25, 0.3) is 0 Å². The Morgan fingerprint density at radius 2 is 1.66 bits per heavy atom. The fraction of sp³-hybridized carbons (Fsp3) is 0.931. The lowest BCUT2D eigenvalue weighted by molar-refractivity contribution is -0.00832. The van der Waals surface area contributed by atoms with Crippen LogP contribution in [-0.2, 0) is 0 Å². The molecule has 0 heterocycles. The first-order valence-electron chi connectivity index (χ1n) is 13.5. The van der Waals surface area contributed by atoms with E-state index in [1.165, 1.54) is 77.0 Å². The van der Waals surface area contributed by atoms with Crippen LogP contribution in [0.1, 0.15) is 119 Å². The lowest BCUT2D eigenvalue weighted by atomic mass is 9.48. The van der Waals surface area contributed by atoms with Crippen LogP contribution >= 0.6 is 0 Å². The minimum atomic E-state index is 0.596. The van der Waals surface area contributed by atoms with Crippen LogP contribution in [0, 0.1) is 52.3 Å². The Labute approximate surface area is 182 Å². The van der Waals surface area contributed by atoms with E-state index in [4.69, 9.17) is 0 Å². The fourth-order valence-electron chi connectivity index (χ4n) is 9.21. The highest BCUT2D eigenvalue weighted by molar-refractivity contribution is 5.27. The Morgan fingerprint density at radius 3 is 2.38 bits per heavy atom. The first kappa shape index (κ1) is 22.0. The predicted molar refractivity (Wildman–Crippen MR) is 127 cm³/mol. The van der Waals surface area contributed by atoms with Crippen molar-refractivity contribution in [1.29, 1.82) is 0 Å². The van der Waals surface area contributed by atoms with E-state index >= 15 is 0 Å². The largest absolute Gasteiger partial charge is 0.0844 e. The summed E-state index contributed by atoms with van der Waals surface area (Å²) in [5.41, 5.74) is 3.20. The monoisotopic (exact) mass is 398 g/mol. The van der Waals surface area contributed by atoms with Gasteiger partial charge in [0.15, 0.2) is 0 Å². The Bertz CT molecular complexity index is 599. The van der Waals surface area contributed by atoms with Crippen LogP contribution in [-0.4, -0.2) is 0 Å². The molecule has 3 fully saturated rings. The summed E-state index contributed by atoms with van der Waals surface area (Å²) < 4.78 is 0. The first-order valence-corrected chi connectivity index (χ1v) is 13.5. The molecule has 0 aromatic heterocycles. The average molecular weight is 399 g/mol. The molecule has 166 valence electrons. The molecule has 3 saturated carbocycles. The minimum absolute atomic E-state index is 0.596. The molecule has 0 N–H and O–H groups in total. The third kappa shape index (κ3) is 3.67. The third-order valence-corrected chi connectivity index (χ3v) is 11.2. The number of allylic oxidation sites excluding steroid dienone is 2. The van der Waals surface area contributed by atoms with Crippen LogP contribution in [0.15, 0.2) is 11.6 Å². The highest BCUT2D eigenvalue weighted by Gasteiger charge is 2.57. The Kier molecular flexibility index (Phi) is 6.32. The van der Waals surface area contributed by atoms with E-state index in [1.807, 2.05) is 5.57 Å². The molecule has 0 nitrogen and oxygen atoms in total. The number of fused-ring (bicyclic) bond motifs is 5. The molecule has 8 atom stereocenters. The molecular formula is C29H50. The summed E-state index contributed by atoms with van der Waals surface area (Å²) in [6.45, 7) is 15.3. The van der Waals surface area contributed by atoms with Crippen LogP contribution in [0.2, 0.25) is 0 Å². The van der Waals surface area contributed by atoms with E-state index in [2.05, 4.69) is 47.6 Å². The van der Waals surface area contributed by atoms with Gasteiger partial charge in [0.2, 0.25) is 0 Å². The molecule has 4 rings (SSSR count). The van der Waals surface area contributed by atoms with E-state index in [-0.39, 0.29) is 0 Å². The number of rotatable bonds is 6. The Morgan fingerprint density at radius 1 is 0.897 bits per heavy atom. The molecule has 0 aromatic carbocycles. The van der Waals surface area contributed by atoms with Gasteiger partial charge in [-0.25, -0.2) is 0 Å². The molecule has 0 spiro atoms. The fourth-order valence-corrected chi connectivity index (χ4v) is 9.21. The maximum Gasteiger partial charge on any atom is -0.0143 e. The normalized spacial score (nSPS) is 43.9. The van der Waals surface area contributed by atoms with Crippen molar-refractivity contribution >= 4 is 0 Å². The van der Waals surface area contributed by atoms with Gasteiger partial charge >= 0.3 is 0 Å². The predicted octanol–water partition coefficient (Wildman–Crippen LogP) is 9.05. The smallest absolute Gasteiger partial charge is 0.0143 e. The topological polar surface area (TPSA) is 0 Å². The van der Waals surface area contributed by atoms with Gasteiger partial charge in [-0.1, -0.05) is 78.9 Å². The molecular weight excluding hydrogens is 348 g/mol. The van der Waals surface area contributed by atoms with Crippen molar-refractivity contribution < 1.29 is 0 Å². The van der Waals surface area contributed by atoms with Crippen molar-refractivity contribution in [3.8, 4) is 0 Å². The van der Waals surface area contributed by atoms with Gasteiger partial charge in [0.05, 0.1) is 0 Å². The van der Waals surface area contributed by atoms with E-state index < -0.39 is 0 Å². The molecule has 3 unspecified atom stereocenters. The van der Waals surface area contributed by atoms with Gasteiger partial charge in [-0.05, 0) is 104 Å². The van der Waals surface area contributed by atoms with E-state index in [0.717, 1.165) is 41.4 Å². The van der Waals surface area contributed by atoms with Crippen LogP contribution < -0.4 is 0 Å². The van der Waals surface area contributed by atoms with Gasteiger partial charge in [-0.3, -0.25) is 0 Å². The van der Waals surface area contributed by atoms with Gasteiger partial charge in [0, 0.05) is 0 Å². The maximum absolute atomic E-state index is 2.80. The zero-order chi connectivity index (χ0) is 20.8. The summed E-state index contributed by atoms with van der Waals surface area (Å²) in [5, 5.41) is 0. The first-order chi connectivity index (χ1) is 13.8. The van der Waals surface area contributed by atoms with Crippen molar-refractivity contribution in [3.63, 3.8) is 0 Å². The highest BCUT2D eigenvalue weighted by atomic mass is 14.6. The lowest BCUT2D eigenvalue weighted by Gasteiger charge is -2.57. The van der Waals surface area contributed by atoms with Gasteiger partial charge < -0.3 is 0 Å². The number of hydrogen-bond donors (Lipinski definition) is 0. The van der Waals surface area contributed by atoms with Gasteiger partial charge in [0.25, 0.3) is 0 Å². The molecule has 0 saturated heterocycles. The number of hydrogen-bond acceptors (Lipinski definition) is 0. The summed E-state index contributed by atoms with van der Waals surface area (Å²) in [4.78, 5) is 0.